The van der Waals surface area contributed by atoms with Gasteiger partial charge in [-0.05, 0) is 38.0 Å². The van der Waals surface area contributed by atoms with Gasteiger partial charge in [-0.3, -0.25) is 10.1 Å². The Balaban J connectivity index is 2.11. The molecule has 0 spiro atoms. The van der Waals surface area contributed by atoms with Crippen LogP contribution in [0.2, 0.25) is 0 Å². The molecule has 0 amide bonds. The van der Waals surface area contributed by atoms with Crippen LogP contribution in [-0.4, -0.2) is 21.2 Å². The van der Waals surface area contributed by atoms with Crippen LogP contribution in [0.1, 0.15) is 18.2 Å². The van der Waals surface area contributed by atoms with Gasteiger partial charge < -0.3 is 5.32 Å². The fourth-order valence-electron chi connectivity index (χ4n) is 2.21. The zero-order valence-corrected chi connectivity index (χ0v) is 12.0. The van der Waals surface area contributed by atoms with Crippen LogP contribution in [-0.2, 0) is 13.0 Å². The van der Waals surface area contributed by atoms with Crippen molar-refractivity contribution in [3.8, 4) is 0 Å². The molecule has 0 saturated carbocycles. The smallest absolute Gasteiger partial charge is 0.333 e. The molecular weight excluding hydrogens is 275 g/mol. The van der Waals surface area contributed by atoms with E-state index in [1.165, 1.54) is 12.1 Å². The minimum Gasteiger partial charge on any atom is -0.364 e. The first-order chi connectivity index (χ1) is 10.0. The van der Waals surface area contributed by atoms with Crippen molar-refractivity contribution in [1.29, 1.82) is 0 Å². The van der Waals surface area contributed by atoms with Gasteiger partial charge in [-0.1, -0.05) is 12.1 Å². The number of aryl methyl sites for hydroxylation is 2. The quantitative estimate of drug-likeness (QED) is 0.656. The topological polar surface area (TPSA) is 73.0 Å². The first-order valence-electron chi connectivity index (χ1n) is 6.73. The van der Waals surface area contributed by atoms with Crippen molar-refractivity contribution in [2.24, 2.45) is 0 Å². The second-order valence-electron chi connectivity index (χ2n) is 4.66. The SMILES string of the molecule is CCn1nc(C)c([N+](=O)[O-])c1NCCc1cccc(F)c1. The van der Waals surface area contributed by atoms with Gasteiger partial charge in [-0.2, -0.15) is 5.10 Å². The van der Waals surface area contributed by atoms with E-state index >= 15 is 0 Å². The van der Waals surface area contributed by atoms with E-state index in [1.54, 1.807) is 17.7 Å². The van der Waals surface area contributed by atoms with Gasteiger partial charge in [0, 0.05) is 13.1 Å². The molecule has 0 aliphatic heterocycles. The zero-order valence-electron chi connectivity index (χ0n) is 12.0. The van der Waals surface area contributed by atoms with Crippen LogP contribution < -0.4 is 5.32 Å². The Hall–Kier alpha value is -2.44. The Morgan fingerprint density at radius 3 is 2.86 bits per heavy atom. The molecule has 0 saturated heterocycles. The van der Waals surface area contributed by atoms with Crippen molar-refractivity contribution >= 4 is 11.5 Å². The van der Waals surface area contributed by atoms with Gasteiger partial charge in [-0.25, -0.2) is 9.07 Å². The van der Waals surface area contributed by atoms with Crippen molar-refractivity contribution in [2.75, 3.05) is 11.9 Å². The van der Waals surface area contributed by atoms with Crippen LogP contribution in [0, 0.1) is 22.9 Å². The highest BCUT2D eigenvalue weighted by Gasteiger charge is 2.24. The molecule has 0 radical (unpaired) electrons. The number of halogens is 1. The van der Waals surface area contributed by atoms with E-state index in [0.29, 0.717) is 31.0 Å². The number of nitrogens with one attached hydrogen (secondary N) is 1. The summed E-state index contributed by atoms with van der Waals surface area (Å²) < 4.78 is 14.7. The number of aromatic nitrogens is 2. The van der Waals surface area contributed by atoms with Crippen LogP contribution in [0.25, 0.3) is 0 Å². The third-order valence-electron chi connectivity index (χ3n) is 3.17. The predicted octanol–water partition coefficient (Wildman–Crippen LogP) is 2.91. The highest BCUT2D eigenvalue weighted by atomic mass is 19.1. The molecule has 0 unspecified atom stereocenters. The largest absolute Gasteiger partial charge is 0.364 e. The van der Waals surface area contributed by atoms with E-state index in [1.807, 2.05) is 13.0 Å². The molecule has 1 aromatic carbocycles. The minimum atomic E-state index is -0.432. The lowest BCUT2D eigenvalue weighted by molar-refractivity contribution is -0.384. The molecule has 0 fully saturated rings. The molecule has 0 aliphatic rings. The highest BCUT2D eigenvalue weighted by molar-refractivity contribution is 5.59. The third-order valence-corrected chi connectivity index (χ3v) is 3.17. The van der Waals surface area contributed by atoms with E-state index in [9.17, 15) is 14.5 Å². The van der Waals surface area contributed by atoms with Gasteiger partial charge in [0.2, 0.25) is 5.82 Å². The highest BCUT2D eigenvalue weighted by Crippen LogP contribution is 2.27. The fraction of sp³-hybridized carbons (Fsp3) is 0.357. The normalized spacial score (nSPS) is 10.6. The fourth-order valence-corrected chi connectivity index (χ4v) is 2.21. The monoisotopic (exact) mass is 292 g/mol. The molecule has 2 rings (SSSR count). The van der Waals surface area contributed by atoms with Gasteiger partial charge >= 0.3 is 5.69 Å². The van der Waals surface area contributed by atoms with Crippen molar-refractivity contribution in [3.05, 3.63) is 51.5 Å². The third kappa shape index (κ3) is 3.36. The van der Waals surface area contributed by atoms with E-state index in [-0.39, 0.29) is 11.5 Å². The number of hydrogen-bond acceptors (Lipinski definition) is 4. The van der Waals surface area contributed by atoms with Crippen molar-refractivity contribution in [1.82, 2.24) is 9.78 Å². The average molecular weight is 292 g/mol. The predicted molar refractivity (Wildman–Crippen MR) is 77.9 cm³/mol. The molecule has 1 heterocycles. The molecule has 112 valence electrons. The summed E-state index contributed by atoms with van der Waals surface area (Å²) in [6, 6.07) is 6.31. The molecule has 6 nitrogen and oxygen atoms in total. The first kappa shape index (κ1) is 15.0. The van der Waals surface area contributed by atoms with E-state index in [0.717, 1.165) is 5.56 Å². The van der Waals surface area contributed by atoms with Crippen molar-refractivity contribution in [2.45, 2.75) is 26.8 Å². The summed E-state index contributed by atoms with van der Waals surface area (Å²) in [6.07, 6.45) is 0.572. The van der Waals surface area contributed by atoms with E-state index < -0.39 is 4.92 Å². The Kier molecular flexibility index (Phi) is 4.52. The maximum absolute atomic E-state index is 13.1. The maximum Gasteiger partial charge on any atom is 0.333 e. The Labute approximate surface area is 121 Å². The van der Waals surface area contributed by atoms with E-state index in [4.69, 9.17) is 0 Å². The molecule has 1 aromatic heterocycles. The molecule has 0 bridgehead atoms. The summed E-state index contributed by atoms with van der Waals surface area (Å²) in [4.78, 5) is 10.7. The zero-order chi connectivity index (χ0) is 15.4. The molecular formula is C14H17FN4O2. The van der Waals surface area contributed by atoms with Crippen molar-refractivity contribution in [3.63, 3.8) is 0 Å². The Morgan fingerprint density at radius 1 is 1.48 bits per heavy atom. The van der Waals surface area contributed by atoms with Crippen LogP contribution >= 0.6 is 0 Å². The molecule has 7 heteroatoms. The van der Waals surface area contributed by atoms with Gasteiger partial charge in [0.05, 0.1) is 4.92 Å². The second kappa shape index (κ2) is 6.34. The summed E-state index contributed by atoms with van der Waals surface area (Å²) >= 11 is 0. The molecule has 21 heavy (non-hydrogen) atoms. The lowest BCUT2D eigenvalue weighted by Crippen LogP contribution is -2.11. The van der Waals surface area contributed by atoms with Crippen LogP contribution in [0.4, 0.5) is 15.9 Å². The molecule has 2 aromatic rings. The van der Waals surface area contributed by atoms with Crippen LogP contribution in [0.15, 0.2) is 24.3 Å². The Bertz CT molecular complexity index is 654. The Morgan fingerprint density at radius 2 is 2.24 bits per heavy atom. The molecule has 0 aliphatic carbocycles. The summed E-state index contributed by atoms with van der Waals surface area (Å²) in [5.41, 5.74) is 1.22. The number of hydrogen-bond donors (Lipinski definition) is 1. The number of nitro groups is 1. The minimum absolute atomic E-state index is 0.00362. The number of benzene rings is 1. The van der Waals surface area contributed by atoms with Gasteiger partial charge in [0.1, 0.15) is 11.5 Å². The van der Waals surface area contributed by atoms with Crippen molar-refractivity contribution < 1.29 is 9.31 Å². The number of nitrogens with zero attached hydrogens (tertiary/aromatic N) is 3. The number of anilines is 1. The van der Waals surface area contributed by atoms with Gasteiger partial charge in [-0.15, -0.1) is 0 Å². The summed E-state index contributed by atoms with van der Waals surface area (Å²) in [7, 11) is 0. The summed E-state index contributed by atoms with van der Waals surface area (Å²) in [5, 5.41) is 18.3. The van der Waals surface area contributed by atoms with E-state index in [2.05, 4.69) is 10.4 Å². The molecule has 0 atom stereocenters. The molecule has 1 N–H and O–H groups in total. The summed E-state index contributed by atoms with van der Waals surface area (Å²) in [5.74, 6) is 0.115. The van der Waals surface area contributed by atoms with Crippen LogP contribution in [0.3, 0.4) is 0 Å². The summed E-state index contributed by atoms with van der Waals surface area (Å²) in [6.45, 7) is 4.49. The lowest BCUT2D eigenvalue weighted by Gasteiger charge is -2.07. The second-order valence-corrected chi connectivity index (χ2v) is 4.66. The standard InChI is InChI=1S/C14H17FN4O2/c1-3-18-14(13(19(20)21)10(2)17-18)16-8-7-11-5-4-6-12(15)9-11/h4-6,9,16H,3,7-8H2,1-2H3. The van der Waals surface area contributed by atoms with Gasteiger partial charge in [0.15, 0.2) is 0 Å². The lowest BCUT2D eigenvalue weighted by atomic mass is 10.1. The average Bonchev–Trinajstić information content (AvgIpc) is 2.75. The maximum atomic E-state index is 13.1. The van der Waals surface area contributed by atoms with Crippen LogP contribution in [0.5, 0.6) is 0 Å². The van der Waals surface area contributed by atoms with Gasteiger partial charge in [0.25, 0.3) is 0 Å². The number of rotatable bonds is 6. The first-order valence-corrected chi connectivity index (χ1v) is 6.73.